The first kappa shape index (κ1) is 26.0. The number of thiophene rings is 1. The fourth-order valence-corrected chi connectivity index (χ4v) is 7.62. The van der Waals surface area contributed by atoms with Crippen LogP contribution in [0.1, 0.15) is 43.0 Å². The summed E-state index contributed by atoms with van der Waals surface area (Å²) in [5.41, 5.74) is 3.45. The van der Waals surface area contributed by atoms with Gasteiger partial charge in [-0.05, 0) is 61.4 Å². The van der Waals surface area contributed by atoms with Crippen molar-refractivity contribution in [3.63, 3.8) is 0 Å². The molecule has 37 heavy (non-hydrogen) atoms. The summed E-state index contributed by atoms with van der Waals surface area (Å²) in [7, 11) is -4.06. The first-order valence-electron chi connectivity index (χ1n) is 12.0. The first-order chi connectivity index (χ1) is 17.8. The number of nitrogens with zero attached hydrogens (tertiary/aromatic N) is 4. The number of hydrogen-bond acceptors (Lipinski definition) is 7. The minimum absolute atomic E-state index is 0.120. The first-order valence-corrected chi connectivity index (χ1v) is 15.0. The predicted molar refractivity (Wildman–Crippen MR) is 146 cm³/mol. The molecule has 0 atom stereocenters. The Morgan fingerprint density at radius 1 is 1.22 bits per heavy atom. The van der Waals surface area contributed by atoms with Crippen LogP contribution in [0.5, 0.6) is 0 Å². The molecule has 196 valence electrons. The van der Waals surface area contributed by atoms with E-state index in [1.165, 1.54) is 11.6 Å². The monoisotopic (exact) mass is 580 g/mol. The summed E-state index contributed by atoms with van der Waals surface area (Å²) in [6.45, 7) is 2.00. The number of fused-ring (bicyclic) bond motifs is 1. The molecule has 9 nitrogen and oxygen atoms in total. The third-order valence-corrected chi connectivity index (χ3v) is 10.2. The van der Waals surface area contributed by atoms with Crippen molar-refractivity contribution in [2.45, 2.75) is 42.4 Å². The SMILES string of the molecule is O=C(NC/C=C1\CCCc2cnn(C3CCN(c4ccccn4)CC3)c21)NS(=O)(=O)c1cc(Cl)c(Cl)s1. The van der Waals surface area contributed by atoms with Gasteiger partial charge in [-0.15, -0.1) is 11.3 Å². The Balaban J connectivity index is 1.23. The molecule has 0 aromatic carbocycles. The molecular weight excluding hydrogens is 555 g/mol. The summed E-state index contributed by atoms with van der Waals surface area (Å²) < 4.78 is 29.0. The van der Waals surface area contributed by atoms with E-state index in [2.05, 4.69) is 19.9 Å². The molecule has 5 rings (SSSR count). The predicted octanol–water partition coefficient (Wildman–Crippen LogP) is 4.90. The molecule has 4 heterocycles. The second kappa shape index (κ2) is 11.0. The van der Waals surface area contributed by atoms with Gasteiger partial charge in [0.25, 0.3) is 10.0 Å². The minimum Gasteiger partial charge on any atom is -0.356 e. The number of nitrogens with one attached hydrogen (secondary N) is 2. The van der Waals surface area contributed by atoms with Crippen molar-refractivity contribution >= 4 is 62.0 Å². The van der Waals surface area contributed by atoms with E-state index in [-0.39, 0.29) is 26.2 Å². The summed E-state index contributed by atoms with van der Waals surface area (Å²) in [6, 6.07) is 6.66. The number of sulfonamides is 1. The number of urea groups is 1. The lowest BCUT2D eigenvalue weighted by Crippen LogP contribution is -2.39. The van der Waals surface area contributed by atoms with Crippen LogP contribution in [0, 0.1) is 0 Å². The second-order valence-electron chi connectivity index (χ2n) is 8.95. The Bertz CT molecular complexity index is 1390. The number of aryl methyl sites for hydroxylation is 1. The molecule has 3 aromatic heterocycles. The molecule has 2 amide bonds. The normalized spacial score (nSPS) is 17.6. The maximum Gasteiger partial charge on any atom is 0.328 e. The van der Waals surface area contributed by atoms with Crippen molar-refractivity contribution in [1.82, 2.24) is 24.8 Å². The Morgan fingerprint density at radius 3 is 2.73 bits per heavy atom. The fraction of sp³-hybridized carbons (Fsp3) is 0.375. The number of allylic oxidation sites excluding steroid dienone is 1. The number of piperidine rings is 1. The zero-order valence-corrected chi connectivity index (χ0v) is 23.0. The van der Waals surface area contributed by atoms with Crippen LogP contribution in [0.3, 0.4) is 0 Å². The van der Waals surface area contributed by atoms with Crippen molar-refractivity contribution in [2.75, 3.05) is 24.5 Å². The molecule has 0 radical (unpaired) electrons. The average molecular weight is 582 g/mol. The largest absolute Gasteiger partial charge is 0.356 e. The van der Waals surface area contributed by atoms with Gasteiger partial charge >= 0.3 is 6.03 Å². The second-order valence-corrected chi connectivity index (χ2v) is 12.9. The minimum atomic E-state index is -4.06. The van der Waals surface area contributed by atoms with E-state index >= 15 is 0 Å². The maximum atomic E-state index is 12.4. The maximum absolute atomic E-state index is 12.4. The molecule has 0 saturated carbocycles. The van der Waals surface area contributed by atoms with Gasteiger partial charge in [0, 0.05) is 25.8 Å². The van der Waals surface area contributed by atoms with E-state index in [0.717, 1.165) is 73.6 Å². The molecule has 1 aliphatic heterocycles. The van der Waals surface area contributed by atoms with Crippen LogP contribution in [0.25, 0.3) is 5.57 Å². The van der Waals surface area contributed by atoms with Crippen molar-refractivity contribution in [3.8, 4) is 0 Å². The Kier molecular flexibility index (Phi) is 7.75. The van der Waals surface area contributed by atoms with E-state index in [1.54, 1.807) is 0 Å². The molecule has 13 heteroatoms. The van der Waals surface area contributed by atoms with Crippen LogP contribution < -0.4 is 14.9 Å². The van der Waals surface area contributed by atoms with E-state index in [9.17, 15) is 13.2 Å². The van der Waals surface area contributed by atoms with Gasteiger partial charge in [-0.1, -0.05) is 35.3 Å². The van der Waals surface area contributed by atoms with Crippen LogP contribution in [0.4, 0.5) is 10.6 Å². The lowest BCUT2D eigenvalue weighted by molar-refractivity contribution is 0.247. The van der Waals surface area contributed by atoms with Crippen LogP contribution in [-0.2, 0) is 16.4 Å². The highest BCUT2D eigenvalue weighted by molar-refractivity contribution is 7.92. The number of hydrogen-bond donors (Lipinski definition) is 2. The third-order valence-electron chi connectivity index (χ3n) is 6.58. The van der Waals surface area contributed by atoms with Crippen molar-refractivity contribution in [3.05, 3.63) is 63.4 Å². The summed E-state index contributed by atoms with van der Waals surface area (Å²) in [5, 5.41) is 7.49. The van der Waals surface area contributed by atoms with Gasteiger partial charge < -0.3 is 10.2 Å². The molecule has 1 saturated heterocycles. The van der Waals surface area contributed by atoms with Gasteiger partial charge in [-0.2, -0.15) is 5.10 Å². The Labute approximate surface area is 229 Å². The van der Waals surface area contributed by atoms with E-state index in [0.29, 0.717) is 0 Å². The van der Waals surface area contributed by atoms with Crippen LogP contribution in [-0.4, -0.2) is 48.8 Å². The van der Waals surface area contributed by atoms with Crippen LogP contribution in [0.2, 0.25) is 9.36 Å². The molecule has 2 N–H and O–H groups in total. The van der Waals surface area contributed by atoms with Crippen molar-refractivity contribution in [1.29, 1.82) is 0 Å². The topological polar surface area (TPSA) is 109 Å². The number of anilines is 1. The zero-order chi connectivity index (χ0) is 26.0. The smallest absolute Gasteiger partial charge is 0.328 e. The van der Waals surface area contributed by atoms with Gasteiger partial charge in [0.05, 0.1) is 23.0 Å². The number of carbonyl (C=O) groups is 1. The molecular formula is C24H26Cl2N6O3S2. The van der Waals surface area contributed by atoms with Crippen LogP contribution >= 0.6 is 34.5 Å². The molecule has 2 aliphatic rings. The number of pyridine rings is 1. The van der Waals surface area contributed by atoms with E-state index < -0.39 is 16.1 Å². The number of amides is 2. The molecule has 0 bridgehead atoms. The Hall–Kier alpha value is -2.60. The summed E-state index contributed by atoms with van der Waals surface area (Å²) in [6.07, 6.45) is 10.5. The molecule has 1 aliphatic carbocycles. The number of rotatable bonds is 6. The molecule has 0 unspecified atom stereocenters. The van der Waals surface area contributed by atoms with Gasteiger partial charge in [0.15, 0.2) is 0 Å². The van der Waals surface area contributed by atoms with E-state index in [1.807, 2.05) is 41.4 Å². The number of halogens is 2. The Morgan fingerprint density at radius 2 is 2.03 bits per heavy atom. The highest BCUT2D eigenvalue weighted by atomic mass is 35.5. The fourth-order valence-electron chi connectivity index (χ4n) is 4.81. The quantitative estimate of drug-likeness (QED) is 0.429. The van der Waals surface area contributed by atoms with E-state index in [4.69, 9.17) is 28.3 Å². The lowest BCUT2D eigenvalue weighted by Gasteiger charge is -2.34. The summed E-state index contributed by atoms with van der Waals surface area (Å²) in [4.78, 5) is 19.1. The molecule has 1 fully saturated rings. The highest BCUT2D eigenvalue weighted by Gasteiger charge is 2.28. The zero-order valence-electron chi connectivity index (χ0n) is 19.9. The lowest BCUT2D eigenvalue weighted by atomic mass is 9.92. The standard InChI is InChI=1S/C24H26Cl2N6O3S2/c25-19-14-21(36-23(19)26)37(34,35)30-24(33)28-11-7-16-4-3-5-17-15-29-32(22(16)17)18-8-12-31(13-9-18)20-6-1-2-10-27-20/h1-2,6-7,10,14-15,18H,3-5,8-9,11-13H2,(H2,28,30,33)/b16-7+. The van der Waals surface area contributed by atoms with Gasteiger partial charge in [-0.25, -0.2) is 22.9 Å². The van der Waals surface area contributed by atoms with Crippen LogP contribution in [0.15, 0.2) is 46.9 Å². The number of aromatic nitrogens is 3. The summed E-state index contributed by atoms with van der Waals surface area (Å²) >= 11 is 12.5. The average Bonchev–Trinajstić information content (AvgIpc) is 3.48. The third kappa shape index (κ3) is 5.79. The summed E-state index contributed by atoms with van der Waals surface area (Å²) in [5.74, 6) is 1.00. The van der Waals surface area contributed by atoms with Crippen molar-refractivity contribution < 1.29 is 13.2 Å². The number of carbonyl (C=O) groups excluding carboxylic acids is 1. The molecule has 0 spiro atoms. The highest BCUT2D eigenvalue weighted by Crippen LogP contribution is 2.36. The molecule has 3 aromatic rings. The van der Waals surface area contributed by atoms with Gasteiger partial charge in [0.1, 0.15) is 14.4 Å². The van der Waals surface area contributed by atoms with Gasteiger partial charge in [0.2, 0.25) is 0 Å². The van der Waals surface area contributed by atoms with Crippen molar-refractivity contribution in [2.24, 2.45) is 0 Å². The van der Waals surface area contributed by atoms with Gasteiger partial charge in [-0.3, -0.25) is 4.68 Å².